The first-order valence-corrected chi connectivity index (χ1v) is 12.9. The molecule has 0 saturated carbocycles. The van der Waals surface area contributed by atoms with Gasteiger partial charge in [-0.05, 0) is 63.4 Å². The smallest absolute Gasteiger partial charge is 0.363 e. The maximum atomic E-state index is 13.4. The second kappa shape index (κ2) is 8.78. The van der Waals surface area contributed by atoms with E-state index in [1.807, 2.05) is 0 Å². The van der Waals surface area contributed by atoms with Gasteiger partial charge in [0.05, 0.1) is 22.8 Å². The van der Waals surface area contributed by atoms with Gasteiger partial charge in [-0.15, -0.1) is 0 Å². The van der Waals surface area contributed by atoms with Crippen LogP contribution in [-0.2, 0) is 15.5 Å². The van der Waals surface area contributed by atoms with E-state index in [1.54, 1.807) is 45.4 Å². The second-order valence-electron chi connectivity index (χ2n) is 8.42. The number of aromatic nitrogens is 2. The number of benzene rings is 2. The molecule has 1 amide bonds. The first-order valence-electron chi connectivity index (χ1n) is 10.3. The van der Waals surface area contributed by atoms with Crippen LogP contribution in [0.25, 0.3) is 10.9 Å². The minimum absolute atomic E-state index is 0.139. The van der Waals surface area contributed by atoms with Crippen LogP contribution in [0.3, 0.4) is 0 Å². The quantitative estimate of drug-likeness (QED) is 0.464. The molecule has 0 saturated heterocycles. The zero-order chi connectivity index (χ0) is 24.7. The lowest BCUT2D eigenvalue weighted by Gasteiger charge is -2.22. The molecule has 1 atom stereocenters. The summed E-state index contributed by atoms with van der Waals surface area (Å²) < 4.78 is 53.0. The molecule has 0 fully saturated rings. The lowest BCUT2D eigenvalue weighted by Crippen LogP contribution is -2.17. The van der Waals surface area contributed by atoms with Crippen LogP contribution in [0.15, 0.2) is 30.3 Å². The number of amides is 1. The van der Waals surface area contributed by atoms with Crippen LogP contribution < -0.4 is 15.9 Å². The summed E-state index contributed by atoms with van der Waals surface area (Å²) in [6, 6.07) is 6.91. The van der Waals surface area contributed by atoms with E-state index in [9.17, 15) is 22.5 Å². The minimum atomic E-state index is -4.45. The summed E-state index contributed by atoms with van der Waals surface area (Å²) in [5.74, 6) is 0.545. The van der Waals surface area contributed by atoms with Crippen molar-refractivity contribution < 1.29 is 22.5 Å². The monoisotopic (exact) mass is 478 g/mol. The van der Waals surface area contributed by atoms with Gasteiger partial charge in [0.2, 0.25) is 5.91 Å². The fourth-order valence-corrected chi connectivity index (χ4v) is 4.98. The highest BCUT2D eigenvalue weighted by molar-refractivity contribution is 7.70. The van der Waals surface area contributed by atoms with Crippen molar-refractivity contribution in [2.24, 2.45) is 0 Å². The molecule has 10 heteroatoms. The Morgan fingerprint density at radius 1 is 1.12 bits per heavy atom. The van der Waals surface area contributed by atoms with Gasteiger partial charge in [-0.25, -0.2) is 9.97 Å². The first-order chi connectivity index (χ1) is 15.2. The molecule has 0 aliphatic heterocycles. The summed E-state index contributed by atoms with van der Waals surface area (Å²) in [5.41, 5.74) is 0.868. The number of anilines is 2. The molecular weight excluding hydrogens is 452 g/mol. The molecule has 1 unspecified atom stereocenters. The second-order valence-corrected chi connectivity index (χ2v) is 11.6. The van der Waals surface area contributed by atoms with Crippen molar-refractivity contribution in [2.45, 2.75) is 39.9 Å². The van der Waals surface area contributed by atoms with Crippen molar-refractivity contribution in [2.75, 3.05) is 24.0 Å². The summed E-state index contributed by atoms with van der Waals surface area (Å²) in [5, 5.41) is 6.93. The third kappa shape index (κ3) is 5.36. The molecule has 2 N–H and O–H groups in total. The average Bonchev–Trinajstić information content (AvgIpc) is 2.65. The van der Waals surface area contributed by atoms with E-state index in [4.69, 9.17) is 0 Å². The van der Waals surface area contributed by atoms with Crippen LogP contribution in [0.5, 0.6) is 0 Å². The largest absolute Gasteiger partial charge is 0.416 e. The number of alkyl halides is 3. The molecule has 6 nitrogen and oxygen atoms in total. The molecule has 0 aliphatic carbocycles. The highest BCUT2D eigenvalue weighted by Crippen LogP contribution is 2.40. The Kier molecular flexibility index (Phi) is 6.58. The third-order valence-corrected chi connectivity index (χ3v) is 6.85. The van der Waals surface area contributed by atoms with Gasteiger partial charge in [-0.2, -0.15) is 13.2 Å². The van der Waals surface area contributed by atoms with E-state index in [-0.39, 0.29) is 11.5 Å². The Morgan fingerprint density at radius 3 is 2.36 bits per heavy atom. The van der Waals surface area contributed by atoms with E-state index in [1.165, 1.54) is 19.9 Å². The predicted octanol–water partition coefficient (Wildman–Crippen LogP) is 5.64. The molecule has 0 spiro atoms. The molecular formula is C23H26F3N4O2P. The number of halogens is 3. The number of nitrogens with zero attached hydrogens (tertiary/aromatic N) is 2. The Bertz CT molecular complexity index is 1280. The van der Waals surface area contributed by atoms with Gasteiger partial charge in [-0.1, -0.05) is 12.1 Å². The summed E-state index contributed by atoms with van der Waals surface area (Å²) in [4.78, 5) is 20.6. The normalized spacial score (nSPS) is 13.1. The van der Waals surface area contributed by atoms with E-state index in [2.05, 4.69) is 20.6 Å². The van der Waals surface area contributed by atoms with Crippen LogP contribution in [0, 0.1) is 13.8 Å². The van der Waals surface area contributed by atoms with E-state index in [0.717, 1.165) is 6.07 Å². The minimum Gasteiger partial charge on any atom is -0.363 e. The number of fused-ring (bicyclic) bond motifs is 1. The molecule has 33 heavy (non-hydrogen) atoms. The van der Waals surface area contributed by atoms with Gasteiger partial charge in [0, 0.05) is 17.6 Å². The van der Waals surface area contributed by atoms with Crippen LogP contribution in [0.1, 0.15) is 42.4 Å². The molecule has 1 heterocycles. The van der Waals surface area contributed by atoms with Crippen LogP contribution in [0.4, 0.5) is 24.7 Å². The number of carbonyl (C=O) groups is 1. The average molecular weight is 478 g/mol. The highest BCUT2D eigenvalue weighted by Gasteiger charge is 2.33. The zero-order valence-corrected chi connectivity index (χ0v) is 20.2. The van der Waals surface area contributed by atoms with Gasteiger partial charge in [0.1, 0.15) is 18.8 Å². The summed E-state index contributed by atoms with van der Waals surface area (Å²) in [7, 11) is -2.80. The van der Waals surface area contributed by atoms with Crippen LogP contribution >= 0.6 is 7.14 Å². The SMILES string of the molecule is CC(=O)Nc1cc2nc(C)nc(NC(C)c3cccc(C(F)(F)F)c3C)c2cc1P(C)(C)=O. The van der Waals surface area contributed by atoms with Crippen molar-refractivity contribution in [3.63, 3.8) is 0 Å². The fourth-order valence-electron chi connectivity index (χ4n) is 3.84. The predicted molar refractivity (Wildman–Crippen MR) is 126 cm³/mol. The standard InChI is InChI=1S/C23H26F3N4O2P/c1-12-16(8-7-9-18(12)23(24,25)26)13(2)27-22-17-10-21(33(5,6)32)20(30-15(4)31)11-19(17)28-14(3)29-22/h7-11,13H,1-6H3,(H,30,31)(H,27,28,29). The Morgan fingerprint density at radius 2 is 1.79 bits per heavy atom. The summed E-state index contributed by atoms with van der Waals surface area (Å²) >= 11 is 0. The van der Waals surface area contributed by atoms with Crippen molar-refractivity contribution in [3.05, 3.63) is 52.8 Å². The van der Waals surface area contributed by atoms with Crippen LogP contribution in [-0.4, -0.2) is 29.2 Å². The van der Waals surface area contributed by atoms with Gasteiger partial charge in [0.15, 0.2) is 0 Å². The van der Waals surface area contributed by atoms with E-state index < -0.39 is 24.9 Å². The maximum absolute atomic E-state index is 13.4. The Hall–Kier alpha value is -2.93. The molecule has 3 rings (SSSR count). The number of hydrogen-bond donors (Lipinski definition) is 2. The first kappa shape index (κ1) is 24.7. The van der Waals surface area contributed by atoms with E-state index in [0.29, 0.717) is 39.1 Å². The molecule has 176 valence electrons. The topological polar surface area (TPSA) is 84.0 Å². The molecule has 0 radical (unpaired) electrons. The Balaban J connectivity index is 2.14. The van der Waals surface area contributed by atoms with Crippen molar-refractivity contribution in [1.29, 1.82) is 0 Å². The lowest BCUT2D eigenvalue weighted by atomic mass is 9.97. The van der Waals surface area contributed by atoms with Crippen molar-refractivity contribution >= 4 is 40.8 Å². The van der Waals surface area contributed by atoms with Crippen molar-refractivity contribution in [1.82, 2.24) is 9.97 Å². The summed E-state index contributed by atoms with van der Waals surface area (Å²) in [6.45, 7) is 9.44. The third-order valence-electron chi connectivity index (χ3n) is 5.32. The lowest BCUT2D eigenvalue weighted by molar-refractivity contribution is -0.138. The molecule has 0 bridgehead atoms. The molecule has 2 aromatic carbocycles. The van der Waals surface area contributed by atoms with Gasteiger partial charge >= 0.3 is 6.18 Å². The number of rotatable bonds is 5. The van der Waals surface area contributed by atoms with Gasteiger partial charge < -0.3 is 15.2 Å². The van der Waals surface area contributed by atoms with Gasteiger partial charge in [-0.3, -0.25) is 4.79 Å². The molecule has 3 aromatic rings. The molecule has 0 aliphatic rings. The highest BCUT2D eigenvalue weighted by atomic mass is 31.2. The number of aryl methyl sites for hydroxylation is 1. The number of nitrogens with one attached hydrogen (secondary N) is 2. The number of carbonyl (C=O) groups excluding carboxylic acids is 1. The number of hydrogen-bond acceptors (Lipinski definition) is 5. The van der Waals surface area contributed by atoms with Gasteiger partial charge in [0.25, 0.3) is 0 Å². The molecule has 1 aromatic heterocycles. The summed E-state index contributed by atoms with van der Waals surface area (Å²) in [6.07, 6.45) is -4.45. The zero-order valence-electron chi connectivity index (χ0n) is 19.3. The fraction of sp³-hybridized carbons (Fsp3) is 0.348. The van der Waals surface area contributed by atoms with E-state index >= 15 is 0 Å². The van der Waals surface area contributed by atoms with Crippen molar-refractivity contribution in [3.8, 4) is 0 Å². The Labute approximate surface area is 190 Å². The maximum Gasteiger partial charge on any atom is 0.416 e. The van der Waals surface area contributed by atoms with Crippen LogP contribution in [0.2, 0.25) is 0 Å².